The van der Waals surface area contributed by atoms with Crippen LogP contribution in [0.15, 0.2) is 12.1 Å². The molecule has 0 aliphatic carbocycles. The molecule has 1 aromatic rings. The summed E-state index contributed by atoms with van der Waals surface area (Å²) in [7, 11) is 0. The standard InChI is InChI=1S/C10H7ClO5/c11-5-1-2-6-9(16-4-3-15-6)7(5)8(12)10(13)14/h1-2H,3-4H2,(H,13,14). The highest BCUT2D eigenvalue weighted by Gasteiger charge is 2.27. The summed E-state index contributed by atoms with van der Waals surface area (Å²) in [4.78, 5) is 22.1. The molecule has 5 nitrogen and oxygen atoms in total. The van der Waals surface area contributed by atoms with Crippen molar-refractivity contribution in [1.29, 1.82) is 0 Å². The Morgan fingerprint density at radius 3 is 2.62 bits per heavy atom. The Hall–Kier alpha value is -1.75. The van der Waals surface area contributed by atoms with E-state index in [1.807, 2.05) is 0 Å². The second-order valence-corrected chi connectivity index (χ2v) is 3.49. The zero-order valence-corrected chi connectivity index (χ0v) is 8.78. The monoisotopic (exact) mass is 242 g/mol. The number of carbonyl (C=O) groups excluding carboxylic acids is 1. The van der Waals surface area contributed by atoms with E-state index in [-0.39, 0.29) is 22.9 Å². The molecule has 84 valence electrons. The number of ether oxygens (including phenoxy) is 2. The molecule has 0 fully saturated rings. The van der Waals surface area contributed by atoms with E-state index in [2.05, 4.69) is 0 Å². The van der Waals surface area contributed by atoms with Crippen LogP contribution < -0.4 is 9.47 Å². The summed E-state index contributed by atoms with van der Waals surface area (Å²) in [6.45, 7) is 0.614. The molecule has 0 unspecified atom stereocenters. The number of rotatable bonds is 2. The van der Waals surface area contributed by atoms with Crippen LogP contribution in [-0.2, 0) is 4.79 Å². The van der Waals surface area contributed by atoms with E-state index in [1.54, 1.807) is 0 Å². The molecule has 0 saturated heterocycles. The van der Waals surface area contributed by atoms with Gasteiger partial charge in [-0.05, 0) is 12.1 Å². The molecule has 1 aliphatic rings. The summed E-state index contributed by atoms with van der Waals surface area (Å²) in [5.74, 6) is -2.25. The van der Waals surface area contributed by atoms with Gasteiger partial charge in [-0.15, -0.1) is 0 Å². The van der Waals surface area contributed by atoms with Gasteiger partial charge in [-0.25, -0.2) is 4.79 Å². The van der Waals surface area contributed by atoms with Gasteiger partial charge in [0.25, 0.3) is 5.78 Å². The summed E-state index contributed by atoms with van der Waals surface area (Å²) in [6, 6.07) is 2.95. The van der Waals surface area contributed by atoms with Crippen molar-refractivity contribution in [2.45, 2.75) is 0 Å². The number of ketones is 1. The van der Waals surface area contributed by atoms with Gasteiger partial charge >= 0.3 is 5.97 Å². The molecule has 1 heterocycles. The Morgan fingerprint density at radius 1 is 1.25 bits per heavy atom. The average molecular weight is 243 g/mol. The Kier molecular flexibility index (Phi) is 2.70. The first-order chi connectivity index (χ1) is 7.61. The summed E-state index contributed by atoms with van der Waals surface area (Å²) in [6.07, 6.45) is 0. The second-order valence-electron chi connectivity index (χ2n) is 3.08. The number of hydrogen-bond donors (Lipinski definition) is 1. The van der Waals surface area contributed by atoms with Gasteiger partial charge in [-0.2, -0.15) is 0 Å². The van der Waals surface area contributed by atoms with Crippen LogP contribution in [0.3, 0.4) is 0 Å². The van der Waals surface area contributed by atoms with Crippen molar-refractivity contribution in [2.75, 3.05) is 13.2 Å². The Labute approximate surface area is 95.5 Å². The van der Waals surface area contributed by atoms with Gasteiger partial charge in [0.2, 0.25) is 0 Å². The van der Waals surface area contributed by atoms with Crippen molar-refractivity contribution >= 4 is 23.4 Å². The first-order valence-electron chi connectivity index (χ1n) is 4.47. The predicted molar refractivity (Wildman–Crippen MR) is 54.4 cm³/mol. The van der Waals surface area contributed by atoms with E-state index < -0.39 is 11.8 Å². The maximum absolute atomic E-state index is 11.4. The van der Waals surface area contributed by atoms with Gasteiger partial charge < -0.3 is 14.6 Å². The van der Waals surface area contributed by atoms with Crippen LogP contribution in [0.25, 0.3) is 0 Å². The van der Waals surface area contributed by atoms with Crippen molar-refractivity contribution < 1.29 is 24.2 Å². The van der Waals surface area contributed by atoms with Crippen LogP contribution in [0, 0.1) is 0 Å². The molecule has 6 heteroatoms. The third-order valence-corrected chi connectivity index (χ3v) is 2.39. The number of halogens is 1. The highest BCUT2D eigenvalue weighted by atomic mass is 35.5. The number of carbonyl (C=O) groups is 2. The first-order valence-corrected chi connectivity index (χ1v) is 4.85. The van der Waals surface area contributed by atoms with E-state index in [0.29, 0.717) is 12.4 Å². The Balaban J connectivity index is 2.58. The number of aliphatic carboxylic acids is 1. The molecule has 0 radical (unpaired) electrons. The van der Waals surface area contributed by atoms with Crippen LogP contribution in [0.2, 0.25) is 5.02 Å². The van der Waals surface area contributed by atoms with Crippen LogP contribution in [0.1, 0.15) is 10.4 Å². The lowest BCUT2D eigenvalue weighted by Gasteiger charge is -2.20. The van der Waals surface area contributed by atoms with Gasteiger partial charge in [0.15, 0.2) is 11.5 Å². The fourth-order valence-corrected chi connectivity index (χ4v) is 1.64. The number of carboxylic acid groups (broad SMARTS) is 1. The topological polar surface area (TPSA) is 72.8 Å². The number of hydrogen-bond acceptors (Lipinski definition) is 4. The van der Waals surface area contributed by atoms with E-state index in [4.69, 9.17) is 26.2 Å². The quantitative estimate of drug-likeness (QED) is 0.627. The molecule has 1 aliphatic heterocycles. The molecule has 0 atom stereocenters. The number of fused-ring (bicyclic) bond motifs is 1. The molecule has 0 saturated carbocycles. The lowest BCUT2D eigenvalue weighted by Crippen LogP contribution is -2.20. The van der Waals surface area contributed by atoms with Crippen molar-refractivity contribution in [3.63, 3.8) is 0 Å². The largest absolute Gasteiger partial charge is 0.486 e. The van der Waals surface area contributed by atoms with Crippen LogP contribution in [-0.4, -0.2) is 30.1 Å². The smallest absolute Gasteiger partial charge is 0.377 e. The third kappa shape index (κ3) is 1.69. The second kappa shape index (κ2) is 4.02. The van der Waals surface area contributed by atoms with Crippen LogP contribution in [0.5, 0.6) is 11.5 Å². The SMILES string of the molecule is O=C(O)C(=O)c1c(Cl)ccc2c1OCCO2. The molecule has 0 spiro atoms. The van der Waals surface area contributed by atoms with E-state index in [0.717, 1.165) is 0 Å². The highest BCUT2D eigenvalue weighted by Crippen LogP contribution is 2.38. The fourth-order valence-electron chi connectivity index (χ4n) is 1.41. The zero-order chi connectivity index (χ0) is 11.7. The first kappa shape index (κ1) is 10.8. The minimum Gasteiger partial charge on any atom is -0.486 e. The molecule has 1 N–H and O–H groups in total. The fraction of sp³-hybridized carbons (Fsp3) is 0.200. The number of Topliss-reactive ketones (excluding diaryl/α,β-unsaturated/α-hetero) is 1. The maximum Gasteiger partial charge on any atom is 0.377 e. The minimum absolute atomic E-state index is 0.0386. The molecule has 1 aromatic carbocycles. The van der Waals surface area contributed by atoms with Gasteiger partial charge in [-0.1, -0.05) is 11.6 Å². The van der Waals surface area contributed by atoms with Crippen LogP contribution in [0.4, 0.5) is 0 Å². The lowest BCUT2D eigenvalue weighted by atomic mass is 10.1. The zero-order valence-electron chi connectivity index (χ0n) is 8.03. The van der Waals surface area contributed by atoms with Gasteiger partial charge in [-0.3, -0.25) is 4.79 Å². The van der Waals surface area contributed by atoms with Crippen LogP contribution >= 0.6 is 11.6 Å². The van der Waals surface area contributed by atoms with E-state index in [1.165, 1.54) is 12.1 Å². The molecule has 16 heavy (non-hydrogen) atoms. The molecular formula is C10H7ClO5. The Bertz CT molecular complexity index is 469. The Morgan fingerprint density at radius 2 is 1.94 bits per heavy atom. The van der Waals surface area contributed by atoms with Gasteiger partial charge in [0.1, 0.15) is 13.2 Å². The third-order valence-electron chi connectivity index (χ3n) is 2.08. The molecule has 0 aromatic heterocycles. The van der Waals surface area contributed by atoms with E-state index >= 15 is 0 Å². The summed E-state index contributed by atoms with van der Waals surface area (Å²) in [5, 5.41) is 8.70. The molecular weight excluding hydrogens is 236 g/mol. The minimum atomic E-state index is -1.58. The van der Waals surface area contributed by atoms with Gasteiger partial charge in [0.05, 0.1) is 10.6 Å². The maximum atomic E-state index is 11.4. The van der Waals surface area contributed by atoms with E-state index in [9.17, 15) is 9.59 Å². The van der Waals surface area contributed by atoms with Crippen molar-refractivity contribution in [3.05, 3.63) is 22.7 Å². The summed E-state index contributed by atoms with van der Waals surface area (Å²) < 4.78 is 10.4. The van der Waals surface area contributed by atoms with Crippen molar-refractivity contribution in [1.82, 2.24) is 0 Å². The average Bonchev–Trinajstić information content (AvgIpc) is 2.28. The normalized spacial score (nSPS) is 13.3. The summed E-state index contributed by atoms with van der Waals surface area (Å²) in [5.41, 5.74) is -0.161. The number of carboxylic acids is 1. The predicted octanol–water partition coefficient (Wildman–Crippen LogP) is 1.38. The highest BCUT2D eigenvalue weighted by molar-refractivity contribution is 6.45. The lowest BCUT2D eigenvalue weighted by molar-refractivity contribution is -0.131. The van der Waals surface area contributed by atoms with Gasteiger partial charge in [0, 0.05) is 0 Å². The molecule has 0 bridgehead atoms. The molecule has 0 amide bonds. The number of benzene rings is 1. The summed E-state index contributed by atoms with van der Waals surface area (Å²) >= 11 is 5.78. The van der Waals surface area contributed by atoms with Crippen molar-refractivity contribution in [3.8, 4) is 11.5 Å². The van der Waals surface area contributed by atoms with Crippen molar-refractivity contribution in [2.24, 2.45) is 0 Å². The molecule has 2 rings (SSSR count).